The third kappa shape index (κ3) is 6.03. The van der Waals surface area contributed by atoms with Crippen molar-refractivity contribution >= 4 is 0 Å². The molecule has 4 heteroatoms. The van der Waals surface area contributed by atoms with Crippen LogP contribution >= 0.6 is 0 Å². The minimum absolute atomic E-state index is 0.0689. The molecule has 0 unspecified atom stereocenters. The van der Waals surface area contributed by atoms with Crippen molar-refractivity contribution in [3.63, 3.8) is 0 Å². The van der Waals surface area contributed by atoms with Gasteiger partial charge in [0.15, 0.2) is 11.6 Å². The standard InChI is InChI=1S/C60H46N4/c1-5-16-40(17-6-1)53-36-55(63-58(61-53)42-20-9-3-10-21-42)45-33-44(34-46(35-45)56-37-54(41-18-7-2-8-19-41)62-59(64-56)43-22-11-4-12-23-43)49-25-15-27-52-57(49)50-24-13-14-26-51(50)60(52)47-29-38-28-39(31-47)32-48(60)30-38/h1-27,33-39,47-48H,28-32H2. The summed E-state index contributed by atoms with van der Waals surface area (Å²) < 4.78 is 0. The molecule has 4 saturated carbocycles. The van der Waals surface area contributed by atoms with Crippen LogP contribution in [0.2, 0.25) is 0 Å². The minimum Gasteiger partial charge on any atom is -0.228 e. The van der Waals surface area contributed by atoms with Gasteiger partial charge in [0, 0.05) is 38.8 Å². The molecule has 2 aromatic heterocycles. The molecule has 7 aromatic carbocycles. The van der Waals surface area contributed by atoms with E-state index in [0.29, 0.717) is 23.5 Å². The van der Waals surface area contributed by atoms with Gasteiger partial charge in [0.2, 0.25) is 0 Å². The van der Waals surface area contributed by atoms with Gasteiger partial charge in [-0.05, 0) is 119 Å². The van der Waals surface area contributed by atoms with E-state index < -0.39 is 0 Å². The molecule has 4 nitrogen and oxygen atoms in total. The maximum Gasteiger partial charge on any atom is 0.160 e. The van der Waals surface area contributed by atoms with Crippen molar-refractivity contribution in [2.24, 2.45) is 23.7 Å². The van der Waals surface area contributed by atoms with Crippen LogP contribution in [0.25, 0.3) is 90.1 Å². The normalized spacial score (nSPS) is 21.2. The molecule has 0 saturated heterocycles. The van der Waals surface area contributed by atoms with Crippen LogP contribution in [0.5, 0.6) is 0 Å². The molecule has 5 aliphatic carbocycles. The first-order valence-electron chi connectivity index (χ1n) is 23.0. The van der Waals surface area contributed by atoms with Gasteiger partial charge in [-0.15, -0.1) is 0 Å². The Bertz CT molecular complexity index is 2930. The van der Waals surface area contributed by atoms with Gasteiger partial charge in [-0.25, -0.2) is 19.9 Å². The second-order valence-corrected chi connectivity index (χ2v) is 18.6. The lowest BCUT2D eigenvalue weighted by atomic mass is 9.43. The predicted molar refractivity (Wildman–Crippen MR) is 259 cm³/mol. The quantitative estimate of drug-likeness (QED) is 0.161. The van der Waals surface area contributed by atoms with Crippen LogP contribution < -0.4 is 0 Å². The molecule has 0 radical (unpaired) electrons. The van der Waals surface area contributed by atoms with Gasteiger partial charge in [-0.2, -0.15) is 0 Å². The first kappa shape index (κ1) is 37.3. The van der Waals surface area contributed by atoms with Gasteiger partial charge in [-0.1, -0.05) is 164 Å². The SMILES string of the molecule is c1ccc(-c2cc(-c3cc(-c4cc(-c5ccccc5)nc(-c5ccccc5)n4)cc(-c4cccc5c4-c4ccccc4C54C5CC6CC(C5)CC4C6)c3)nc(-c3ccccc3)n2)cc1. The lowest BCUT2D eigenvalue weighted by Crippen LogP contribution is -2.55. The molecule has 0 amide bonds. The topological polar surface area (TPSA) is 51.6 Å². The van der Waals surface area contributed by atoms with Crippen LogP contribution in [-0.4, -0.2) is 19.9 Å². The van der Waals surface area contributed by atoms with Crippen LogP contribution in [0, 0.1) is 23.7 Å². The Morgan fingerprint density at radius 1 is 0.312 bits per heavy atom. The van der Waals surface area contributed by atoms with E-state index in [1.807, 2.05) is 12.1 Å². The van der Waals surface area contributed by atoms with Crippen molar-refractivity contribution in [3.05, 3.63) is 205 Å². The Labute approximate surface area is 374 Å². The Balaban J connectivity index is 1.07. The highest BCUT2D eigenvalue weighted by molar-refractivity contribution is 5.95. The van der Waals surface area contributed by atoms with Gasteiger partial charge in [-0.3, -0.25) is 0 Å². The van der Waals surface area contributed by atoms with Crippen LogP contribution in [0.1, 0.15) is 43.2 Å². The zero-order chi connectivity index (χ0) is 42.2. The van der Waals surface area contributed by atoms with Gasteiger partial charge < -0.3 is 0 Å². The summed E-state index contributed by atoms with van der Waals surface area (Å²) in [4.78, 5) is 21.1. The lowest BCUT2D eigenvalue weighted by molar-refractivity contribution is -0.0399. The number of hydrogen-bond donors (Lipinski definition) is 0. The second-order valence-electron chi connectivity index (χ2n) is 18.6. The maximum absolute atomic E-state index is 5.38. The molecule has 306 valence electrons. The van der Waals surface area contributed by atoms with E-state index in [1.165, 1.54) is 48.8 Å². The van der Waals surface area contributed by atoms with Crippen LogP contribution in [0.15, 0.2) is 194 Å². The monoisotopic (exact) mass is 822 g/mol. The molecule has 5 aliphatic rings. The first-order chi connectivity index (χ1) is 31.7. The summed E-state index contributed by atoms with van der Waals surface area (Å²) in [5.74, 6) is 4.53. The lowest BCUT2D eigenvalue weighted by Gasteiger charge is -2.61. The van der Waals surface area contributed by atoms with E-state index in [2.05, 4.69) is 182 Å². The van der Waals surface area contributed by atoms with Crippen molar-refractivity contribution in [1.29, 1.82) is 0 Å². The fourth-order valence-corrected chi connectivity index (χ4v) is 12.7. The second kappa shape index (κ2) is 14.9. The average molecular weight is 823 g/mol. The number of nitrogens with zero attached hydrogens (tertiary/aromatic N) is 4. The predicted octanol–water partition coefficient (Wildman–Crippen LogP) is 14.7. The number of hydrogen-bond acceptors (Lipinski definition) is 4. The molecule has 14 rings (SSSR count). The van der Waals surface area contributed by atoms with Crippen LogP contribution in [0.3, 0.4) is 0 Å². The van der Waals surface area contributed by atoms with E-state index in [9.17, 15) is 0 Å². The Morgan fingerprint density at radius 3 is 1.20 bits per heavy atom. The third-order valence-corrected chi connectivity index (χ3v) is 15.1. The van der Waals surface area contributed by atoms with Crippen molar-refractivity contribution in [2.75, 3.05) is 0 Å². The highest BCUT2D eigenvalue weighted by atomic mass is 14.9. The molecule has 0 N–H and O–H groups in total. The van der Waals surface area contributed by atoms with E-state index >= 15 is 0 Å². The molecule has 0 atom stereocenters. The van der Waals surface area contributed by atoms with Crippen LogP contribution in [0.4, 0.5) is 0 Å². The summed E-state index contributed by atoms with van der Waals surface area (Å²) in [5.41, 5.74) is 18.0. The summed E-state index contributed by atoms with van der Waals surface area (Å²) in [6.07, 6.45) is 6.86. The summed E-state index contributed by atoms with van der Waals surface area (Å²) in [5, 5.41) is 0. The van der Waals surface area contributed by atoms with Crippen molar-refractivity contribution in [2.45, 2.75) is 37.5 Å². The van der Waals surface area contributed by atoms with Crippen molar-refractivity contribution in [1.82, 2.24) is 19.9 Å². The smallest absolute Gasteiger partial charge is 0.160 e. The molecule has 64 heavy (non-hydrogen) atoms. The first-order valence-corrected chi connectivity index (χ1v) is 23.0. The Hall–Kier alpha value is -7.30. The molecule has 9 aromatic rings. The largest absolute Gasteiger partial charge is 0.228 e. The van der Waals surface area contributed by atoms with Crippen molar-refractivity contribution < 1.29 is 0 Å². The van der Waals surface area contributed by atoms with E-state index in [0.717, 1.165) is 73.6 Å². The molecular weight excluding hydrogens is 777 g/mol. The maximum atomic E-state index is 5.38. The van der Waals surface area contributed by atoms with Gasteiger partial charge in [0.1, 0.15) is 0 Å². The van der Waals surface area contributed by atoms with E-state index in [-0.39, 0.29) is 5.41 Å². The molecule has 4 bridgehead atoms. The number of aromatic nitrogens is 4. The average Bonchev–Trinajstić information content (AvgIpc) is 3.67. The van der Waals surface area contributed by atoms with E-state index in [4.69, 9.17) is 19.9 Å². The molecule has 4 fully saturated rings. The minimum atomic E-state index is 0.0689. The molecule has 2 heterocycles. The fourth-order valence-electron chi connectivity index (χ4n) is 12.7. The number of rotatable bonds is 7. The van der Waals surface area contributed by atoms with Crippen molar-refractivity contribution in [3.8, 4) is 90.1 Å². The molecule has 1 spiro atoms. The van der Waals surface area contributed by atoms with Gasteiger partial charge in [0.25, 0.3) is 0 Å². The van der Waals surface area contributed by atoms with Gasteiger partial charge >= 0.3 is 0 Å². The highest BCUT2D eigenvalue weighted by Gasteiger charge is 2.61. The summed E-state index contributed by atoms with van der Waals surface area (Å²) in [6.45, 7) is 0. The summed E-state index contributed by atoms with van der Waals surface area (Å²) in [6, 6.07) is 69.6. The summed E-state index contributed by atoms with van der Waals surface area (Å²) in [7, 11) is 0. The highest BCUT2D eigenvalue weighted by Crippen LogP contribution is 2.70. The van der Waals surface area contributed by atoms with Gasteiger partial charge in [0.05, 0.1) is 22.8 Å². The summed E-state index contributed by atoms with van der Waals surface area (Å²) >= 11 is 0. The van der Waals surface area contributed by atoms with E-state index in [1.54, 1.807) is 11.1 Å². The third-order valence-electron chi connectivity index (χ3n) is 15.1. The zero-order valence-corrected chi connectivity index (χ0v) is 35.6. The number of fused-ring (bicyclic) bond motifs is 3. The number of benzene rings is 7. The zero-order valence-electron chi connectivity index (χ0n) is 35.6. The fraction of sp³-hybridized carbons (Fsp3) is 0.167. The molecular formula is C60H46N4. The molecule has 0 aliphatic heterocycles. The van der Waals surface area contributed by atoms with Crippen LogP contribution in [-0.2, 0) is 5.41 Å². The Morgan fingerprint density at radius 2 is 0.703 bits per heavy atom. The Kier molecular flexibility index (Phi) is 8.69.